The topological polar surface area (TPSA) is 74.9 Å². The fourth-order valence-corrected chi connectivity index (χ4v) is 5.63. The summed E-state index contributed by atoms with van der Waals surface area (Å²) in [5, 5.41) is 1.07. The maximum Gasteiger partial charge on any atom is 0.246 e. The van der Waals surface area contributed by atoms with Crippen LogP contribution in [0, 0.1) is 0 Å². The number of rotatable bonds is 5. The van der Waals surface area contributed by atoms with Gasteiger partial charge in [0, 0.05) is 41.2 Å². The Morgan fingerprint density at radius 3 is 2.50 bits per heavy atom. The smallest absolute Gasteiger partial charge is 0.246 e. The molecule has 7 heteroatoms. The first-order chi connectivity index (χ1) is 17.6. The molecule has 4 aromatic rings. The molecule has 2 aliphatic rings. The van der Waals surface area contributed by atoms with Crippen LogP contribution in [0.3, 0.4) is 0 Å². The molecule has 2 aliphatic heterocycles. The Kier molecular flexibility index (Phi) is 5.40. The van der Waals surface area contributed by atoms with E-state index in [0.717, 1.165) is 33.3 Å². The summed E-state index contributed by atoms with van der Waals surface area (Å²) in [6.45, 7) is 0.446. The number of benzene rings is 3. The number of aromatic amines is 1. The standard InChI is InChI=1S/C29H27N3O4/c1-35-19-12-13-21(25(14-19)36-2)28-27-22(20-10-6-7-11-23(20)30-27)15-24-29(34)31(17-26(33)32(24)28)16-18-8-4-3-5-9-18/h3-14,24,28,30H,15-17H2,1-2H3/t24-,28?/m0/s1. The number of hydrogen-bond acceptors (Lipinski definition) is 4. The average Bonchev–Trinajstić information content (AvgIpc) is 3.29. The molecule has 7 nitrogen and oxygen atoms in total. The van der Waals surface area contributed by atoms with Crippen LogP contribution >= 0.6 is 0 Å². The molecule has 1 N–H and O–H groups in total. The summed E-state index contributed by atoms with van der Waals surface area (Å²) >= 11 is 0. The number of amides is 2. The van der Waals surface area contributed by atoms with Crippen molar-refractivity contribution in [1.82, 2.24) is 14.8 Å². The molecule has 1 saturated heterocycles. The molecule has 182 valence electrons. The summed E-state index contributed by atoms with van der Waals surface area (Å²) < 4.78 is 11.1. The van der Waals surface area contributed by atoms with Gasteiger partial charge in [-0.1, -0.05) is 48.5 Å². The number of piperazine rings is 1. The Balaban J connectivity index is 1.49. The number of H-pyrrole nitrogens is 1. The highest BCUT2D eigenvalue weighted by Crippen LogP contribution is 2.45. The highest BCUT2D eigenvalue weighted by molar-refractivity contribution is 5.97. The zero-order valence-corrected chi connectivity index (χ0v) is 20.2. The molecule has 0 spiro atoms. The molecule has 6 rings (SSSR count). The van der Waals surface area contributed by atoms with Gasteiger partial charge in [-0.05, 0) is 29.3 Å². The number of fused-ring (bicyclic) bond motifs is 4. The number of nitrogens with zero attached hydrogens (tertiary/aromatic N) is 2. The van der Waals surface area contributed by atoms with Crippen LogP contribution in [-0.4, -0.2) is 53.4 Å². The molecule has 3 heterocycles. The predicted molar refractivity (Wildman–Crippen MR) is 136 cm³/mol. The third-order valence-corrected chi connectivity index (χ3v) is 7.29. The van der Waals surface area contributed by atoms with Crippen LogP contribution in [0.5, 0.6) is 11.5 Å². The summed E-state index contributed by atoms with van der Waals surface area (Å²) in [7, 11) is 3.21. The van der Waals surface area contributed by atoms with E-state index in [9.17, 15) is 9.59 Å². The molecule has 0 aliphatic carbocycles. The van der Waals surface area contributed by atoms with Gasteiger partial charge in [-0.2, -0.15) is 0 Å². The molecule has 2 atom stereocenters. The summed E-state index contributed by atoms with van der Waals surface area (Å²) in [5.74, 6) is 1.15. The largest absolute Gasteiger partial charge is 0.497 e. The van der Waals surface area contributed by atoms with Crippen LogP contribution in [-0.2, 0) is 22.6 Å². The van der Waals surface area contributed by atoms with E-state index < -0.39 is 12.1 Å². The zero-order valence-electron chi connectivity index (χ0n) is 20.2. The number of nitrogens with one attached hydrogen (secondary N) is 1. The highest BCUT2D eigenvalue weighted by atomic mass is 16.5. The number of carbonyl (C=O) groups excluding carboxylic acids is 2. The van der Waals surface area contributed by atoms with E-state index >= 15 is 0 Å². The van der Waals surface area contributed by atoms with Crippen molar-refractivity contribution in [2.24, 2.45) is 0 Å². The van der Waals surface area contributed by atoms with E-state index in [-0.39, 0.29) is 18.4 Å². The van der Waals surface area contributed by atoms with Crippen LogP contribution < -0.4 is 9.47 Å². The number of para-hydroxylation sites is 1. The van der Waals surface area contributed by atoms with Crippen LogP contribution in [0.25, 0.3) is 10.9 Å². The summed E-state index contributed by atoms with van der Waals surface area (Å²) in [4.78, 5) is 34.6. The third kappa shape index (κ3) is 3.50. The number of hydrogen-bond donors (Lipinski definition) is 1. The minimum atomic E-state index is -0.599. The SMILES string of the molecule is COc1ccc(C2c3[nH]c4ccccc4c3C[C@H]3C(=O)N(Cc4ccccc4)CC(=O)N23)c(OC)c1. The Morgan fingerprint density at radius 2 is 1.72 bits per heavy atom. The van der Waals surface area contributed by atoms with Crippen molar-refractivity contribution in [2.75, 3.05) is 20.8 Å². The first kappa shape index (κ1) is 22.2. The molecular formula is C29H27N3O4. The van der Waals surface area contributed by atoms with Gasteiger partial charge in [0.1, 0.15) is 30.1 Å². The van der Waals surface area contributed by atoms with Gasteiger partial charge in [0.05, 0.1) is 14.2 Å². The summed E-state index contributed by atoms with van der Waals surface area (Å²) in [5.41, 5.74) is 4.80. The lowest BCUT2D eigenvalue weighted by Gasteiger charge is -2.47. The van der Waals surface area contributed by atoms with Gasteiger partial charge in [0.2, 0.25) is 11.8 Å². The third-order valence-electron chi connectivity index (χ3n) is 7.29. The number of carbonyl (C=O) groups is 2. The fraction of sp³-hybridized carbons (Fsp3) is 0.241. The van der Waals surface area contributed by atoms with Crippen molar-refractivity contribution in [3.8, 4) is 11.5 Å². The van der Waals surface area contributed by atoms with Crippen LogP contribution in [0.15, 0.2) is 72.8 Å². The Hall–Kier alpha value is -4.26. The maximum atomic E-state index is 13.9. The van der Waals surface area contributed by atoms with Gasteiger partial charge in [-0.3, -0.25) is 9.59 Å². The van der Waals surface area contributed by atoms with Gasteiger partial charge >= 0.3 is 0 Å². The number of aromatic nitrogens is 1. The lowest BCUT2D eigenvalue weighted by Crippen LogP contribution is -2.62. The summed E-state index contributed by atoms with van der Waals surface area (Å²) in [6, 6.07) is 22.4. The molecule has 2 amide bonds. The first-order valence-corrected chi connectivity index (χ1v) is 12.0. The second-order valence-electron chi connectivity index (χ2n) is 9.27. The fourth-order valence-electron chi connectivity index (χ4n) is 5.63. The van der Waals surface area contributed by atoms with Crippen LogP contribution in [0.2, 0.25) is 0 Å². The Morgan fingerprint density at radius 1 is 0.944 bits per heavy atom. The molecule has 36 heavy (non-hydrogen) atoms. The lowest BCUT2D eigenvalue weighted by molar-refractivity contribution is -0.159. The normalized spacial score (nSPS) is 19.3. The molecular weight excluding hydrogens is 454 g/mol. The lowest BCUT2D eigenvalue weighted by atomic mass is 9.85. The van der Waals surface area contributed by atoms with E-state index in [1.165, 1.54) is 0 Å². The van der Waals surface area contributed by atoms with E-state index in [1.54, 1.807) is 24.0 Å². The molecule has 0 radical (unpaired) electrons. The first-order valence-electron chi connectivity index (χ1n) is 12.0. The van der Waals surface area contributed by atoms with Crippen molar-refractivity contribution < 1.29 is 19.1 Å². The van der Waals surface area contributed by atoms with E-state index in [4.69, 9.17) is 9.47 Å². The molecule has 3 aromatic carbocycles. The second kappa shape index (κ2) is 8.75. The van der Waals surface area contributed by atoms with Crippen molar-refractivity contribution in [3.05, 3.63) is 95.2 Å². The maximum absolute atomic E-state index is 13.9. The Labute approximate surface area is 209 Å². The number of methoxy groups -OCH3 is 2. The van der Waals surface area contributed by atoms with E-state index in [0.29, 0.717) is 24.5 Å². The van der Waals surface area contributed by atoms with Crippen molar-refractivity contribution in [3.63, 3.8) is 0 Å². The van der Waals surface area contributed by atoms with Gasteiger partial charge in [-0.25, -0.2) is 0 Å². The molecule has 1 fully saturated rings. The second-order valence-corrected chi connectivity index (χ2v) is 9.27. The van der Waals surface area contributed by atoms with Crippen molar-refractivity contribution in [1.29, 1.82) is 0 Å². The minimum absolute atomic E-state index is 0.0353. The quantitative estimate of drug-likeness (QED) is 0.466. The molecule has 1 unspecified atom stereocenters. The van der Waals surface area contributed by atoms with Gasteiger partial charge < -0.3 is 24.3 Å². The highest BCUT2D eigenvalue weighted by Gasteiger charge is 2.48. The Bertz CT molecular complexity index is 1460. The van der Waals surface area contributed by atoms with Gasteiger partial charge in [-0.15, -0.1) is 0 Å². The van der Waals surface area contributed by atoms with Crippen molar-refractivity contribution >= 4 is 22.7 Å². The average molecular weight is 482 g/mol. The zero-order chi connectivity index (χ0) is 24.8. The summed E-state index contributed by atoms with van der Waals surface area (Å²) in [6.07, 6.45) is 0.462. The van der Waals surface area contributed by atoms with Crippen molar-refractivity contribution in [2.45, 2.75) is 25.0 Å². The van der Waals surface area contributed by atoms with Crippen LogP contribution in [0.4, 0.5) is 0 Å². The monoisotopic (exact) mass is 481 g/mol. The molecule has 1 aromatic heterocycles. The van der Waals surface area contributed by atoms with E-state index in [1.807, 2.05) is 66.7 Å². The predicted octanol–water partition coefficient (Wildman–Crippen LogP) is 4.07. The number of ether oxygens (including phenoxy) is 2. The van der Waals surface area contributed by atoms with E-state index in [2.05, 4.69) is 11.1 Å². The molecule has 0 saturated carbocycles. The van der Waals surface area contributed by atoms with Crippen LogP contribution in [0.1, 0.15) is 28.4 Å². The van der Waals surface area contributed by atoms with Gasteiger partial charge in [0.15, 0.2) is 0 Å². The minimum Gasteiger partial charge on any atom is -0.497 e. The van der Waals surface area contributed by atoms with Gasteiger partial charge in [0.25, 0.3) is 0 Å². The molecule has 0 bridgehead atoms.